The summed E-state index contributed by atoms with van der Waals surface area (Å²) >= 11 is 0. The van der Waals surface area contributed by atoms with E-state index < -0.39 is 0 Å². The zero-order valence-electron chi connectivity index (χ0n) is 12.5. The van der Waals surface area contributed by atoms with Gasteiger partial charge in [0, 0.05) is 17.2 Å². The Balaban J connectivity index is 0.00000161. The van der Waals surface area contributed by atoms with Crippen LogP contribution in [0.15, 0.2) is 60.7 Å². The Morgan fingerprint density at radius 3 is 2.19 bits per heavy atom. The summed E-state index contributed by atoms with van der Waals surface area (Å²) in [5.41, 5.74) is 6.24. The molecule has 2 nitrogen and oxygen atoms in total. The van der Waals surface area contributed by atoms with Crippen LogP contribution in [0.1, 0.15) is 5.56 Å². The molecule has 0 amide bonds. The lowest BCUT2D eigenvalue weighted by molar-refractivity contribution is -0.740. The second kappa shape index (κ2) is 6.43. The second-order valence-corrected chi connectivity index (χ2v) is 5.20. The lowest BCUT2D eigenvalue weighted by Gasteiger charge is -1.99. The Hall–Kier alpha value is -1.62. The van der Waals surface area contributed by atoms with Gasteiger partial charge in [-0.3, -0.25) is 0 Å². The van der Waals surface area contributed by atoms with E-state index in [1.807, 2.05) is 6.07 Å². The second-order valence-electron chi connectivity index (χ2n) is 5.20. The van der Waals surface area contributed by atoms with E-state index in [2.05, 4.69) is 85.0 Å². The van der Waals surface area contributed by atoms with E-state index in [9.17, 15) is 0 Å². The Labute approximate surface area is 143 Å². The van der Waals surface area contributed by atoms with Crippen LogP contribution in [0.25, 0.3) is 22.5 Å². The molecular weight excluding hydrogens is 371 g/mol. The molecule has 3 rings (SSSR count). The van der Waals surface area contributed by atoms with Crippen molar-refractivity contribution in [3.05, 3.63) is 66.2 Å². The van der Waals surface area contributed by atoms with Crippen molar-refractivity contribution in [3.8, 4) is 22.5 Å². The number of aryl methyl sites for hydroxylation is 1. The molecule has 0 unspecified atom stereocenters. The maximum absolute atomic E-state index is 2.25. The summed E-state index contributed by atoms with van der Waals surface area (Å²) in [7, 11) is 4.20. The molecule has 0 bridgehead atoms. The zero-order valence-corrected chi connectivity index (χ0v) is 14.7. The summed E-state index contributed by atoms with van der Waals surface area (Å²) in [6.07, 6.45) is 0. The summed E-state index contributed by atoms with van der Waals surface area (Å²) < 4.78 is 4.38. The summed E-state index contributed by atoms with van der Waals surface area (Å²) in [6.45, 7) is 2.13. The van der Waals surface area contributed by atoms with Crippen LogP contribution in [0.3, 0.4) is 0 Å². The van der Waals surface area contributed by atoms with Gasteiger partial charge in [-0.2, -0.15) is 4.68 Å². The van der Waals surface area contributed by atoms with Gasteiger partial charge in [0.1, 0.15) is 5.69 Å². The molecule has 1 heterocycles. The first-order chi connectivity index (χ1) is 9.66. The number of nitrogens with zero attached hydrogens (tertiary/aromatic N) is 2. The third-order valence-corrected chi connectivity index (χ3v) is 3.80. The first-order valence-electron chi connectivity index (χ1n) is 6.85. The molecule has 3 heteroatoms. The van der Waals surface area contributed by atoms with Crippen LogP contribution in [0.5, 0.6) is 0 Å². The molecule has 0 saturated carbocycles. The van der Waals surface area contributed by atoms with Crippen molar-refractivity contribution in [3.63, 3.8) is 0 Å². The molecule has 0 spiro atoms. The highest BCUT2D eigenvalue weighted by atomic mass is 127. The Morgan fingerprint density at radius 1 is 0.857 bits per heavy atom. The smallest absolute Gasteiger partial charge is 0.238 e. The van der Waals surface area contributed by atoms with Gasteiger partial charge in [-0.05, 0) is 19.1 Å². The van der Waals surface area contributed by atoms with E-state index in [-0.39, 0.29) is 24.0 Å². The largest absolute Gasteiger partial charge is 1.00 e. The fourth-order valence-corrected chi connectivity index (χ4v) is 2.59. The van der Waals surface area contributed by atoms with Gasteiger partial charge in [0.2, 0.25) is 5.69 Å². The van der Waals surface area contributed by atoms with Crippen LogP contribution in [-0.2, 0) is 14.1 Å². The number of hydrogen-bond acceptors (Lipinski definition) is 0. The van der Waals surface area contributed by atoms with Gasteiger partial charge in [-0.25, -0.2) is 0 Å². The lowest BCUT2D eigenvalue weighted by atomic mass is 10.1. The highest BCUT2D eigenvalue weighted by Gasteiger charge is 2.19. The van der Waals surface area contributed by atoms with Crippen LogP contribution < -0.4 is 28.7 Å². The van der Waals surface area contributed by atoms with Crippen LogP contribution in [-0.4, -0.2) is 4.68 Å². The van der Waals surface area contributed by atoms with E-state index >= 15 is 0 Å². The molecule has 0 atom stereocenters. The molecule has 0 aliphatic carbocycles. The van der Waals surface area contributed by atoms with E-state index in [1.165, 1.54) is 28.1 Å². The fourth-order valence-electron chi connectivity index (χ4n) is 2.59. The van der Waals surface area contributed by atoms with Crippen molar-refractivity contribution in [1.29, 1.82) is 0 Å². The monoisotopic (exact) mass is 390 g/mol. The molecular formula is C18H19IN2. The van der Waals surface area contributed by atoms with Crippen molar-refractivity contribution >= 4 is 0 Å². The maximum Gasteiger partial charge on any atom is 0.238 e. The van der Waals surface area contributed by atoms with Gasteiger partial charge < -0.3 is 24.0 Å². The van der Waals surface area contributed by atoms with Gasteiger partial charge in [-0.1, -0.05) is 48.0 Å². The molecule has 0 aliphatic heterocycles. The van der Waals surface area contributed by atoms with Gasteiger partial charge >= 0.3 is 0 Å². The van der Waals surface area contributed by atoms with Gasteiger partial charge in [0.05, 0.1) is 7.05 Å². The Kier molecular flexibility index (Phi) is 4.83. The van der Waals surface area contributed by atoms with E-state index in [1.54, 1.807) is 0 Å². The highest BCUT2D eigenvalue weighted by Crippen LogP contribution is 2.24. The number of rotatable bonds is 2. The van der Waals surface area contributed by atoms with E-state index in [4.69, 9.17) is 0 Å². The van der Waals surface area contributed by atoms with Gasteiger partial charge in [0.15, 0.2) is 7.05 Å². The topological polar surface area (TPSA) is 8.81 Å². The molecule has 2 aromatic carbocycles. The predicted octanol–water partition coefficient (Wildman–Crippen LogP) is 0.496. The van der Waals surface area contributed by atoms with Crippen LogP contribution >= 0.6 is 0 Å². The van der Waals surface area contributed by atoms with Crippen molar-refractivity contribution < 1.29 is 28.7 Å². The molecule has 3 aromatic rings. The number of aromatic nitrogens is 2. The average molecular weight is 390 g/mol. The first kappa shape index (κ1) is 15.8. The molecule has 0 radical (unpaired) electrons. The van der Waals surface area contributed by atoms with Crippen LogP contribution in [0.2, 0.25) is 0 Å². The molecule has 1 aromatic heterocycles. The van der Waals surface area contributed by atoms with E-state index in [0.717, 1.165) is 0 Å². The molecule has 21 heavy (non-hydrogen) atoms. The first-order valence-corrected chi connectivity index (χ1v) is 6.85. The summed E-state index contributed by atoms with van der Waals surface area (Å²) in [5, 5.41) is 0. The van der Waals surface area contributed by atoms with Crippen molar-refractivity contribution in [2.24, 2.45) is 14.1 Å². The Bertz CT molecular complexity index is 745. The van der Waals surface area contributed by atoms with Crippen molar-refractivity contribution in [1.82, 2.24) is 4.68 Å². The Morgan fingerprint density at radius 2 is 1.52 bits per heavy atom. The normalized spacial score (nSPS) is 10.2. The molecule has 0 fully saturated rings. The molecule has 0 N–H and O–H groups in total. The van der Waals surface area contributed by atoms with Crippen molar-refractivity contribution in [2.75, 3.05) is 0 Å². The molecule has 0 saturated heterocycles. The third-order valence-electron chi connectivity index (χ3n) is 3.80. The summed E-state index contributed by atoms with van der Waals surface area (Å²) in [5.74, 6) is 0. The molecule has 0 aliphatic rings. The van der Waals surface area contributed by atoms with Crippen LogP contribution in [0, 0.1) is 6.92 Å². The van der Waals surface area contributed by atoms with Crippen LogP contribution in [0.4, 0.5) is 0 Å². The van der Waals surface area contributed by atoms with Crippen molar-refractivity contribution in [2.45, 2.75) is 6.92 Å². The fraction of sp³-hybridized carbons (Fsp3) is 0.167. The number of halogens is 1. The predicted molar refractivity (Wildman–Crippen MR) is 82.2 cm³/mol. The minimum atomic E-state index is 0. The summed E-state index contributed by atoms with van der Waals surface area (Å²) in [6, 6.07) is 21.4. The lowest BCUT2D eigenvalue weighted by Crippen LogP contribution is -3.00. The van der Waals surface area contributed by atoms with Gasteiger partial charge in [0.25, 0.3) is 0 Å². The summed E-state index contributed by atoms with van der Waals surface area (Å²) in [4.78, 5) is 0. The number of benzene rings is 2. The minimum Gasteiger partial charge on any atom is -1.00 e. The SMILES string of the molecule is Cc1cccc(-c2cc(-c3ccccc3)n(C)[n+]2C)c1.[I-]. The maximum atomic E-state index is 2.25. The quantitative estimate of drug-likeness (QED) is 0.445. The minimum absolute atomic E-state index is 0. The average Bonchev–Trinajstić information content (AvgIpc) is 2.76. The van der Waals surface area contributed by atoms with Gasteiger partial charge in [-0.15, -0.1) is 4.68 Å². The third kappa shape index (κ3) is 3.02. The molecule has 108 valence electrons. The number of hydrogen-bond donors (Lipinski definition) is 0. The standard InChI is InChI=1S/C18H19N2.HI/c1-14-8-7-11-16(12-14)18-13-17(19(2)20(18)3)15-9-5-4-6-10-15;/h4-13H,1-3H3;1H/q+1;/p-1. The highest BCUT2D eigenvalue weighted by molar-refractivity contribution is 5.66. The van der Waals surface area contributed by atoms with E-state index in [0.29, 0.717) is 0 Å². The zero-order chi connectivity index (χ0) is 14.1.